The number of carbonyl (C=O) groups excluding carboxylic acids is 1. The summed E-state index contributed by atoms with van der Waals surface area (Å²) in [5.74, 6) is -0.240. The molecule has 1 aliphatic rings. The van der Waals surface area contributed by atoms with Gasteiger partial charge < -0.3 is 10.2 Å². The standard InChI is InChI=1S/C15H20N4O3S.ClH/c1-18(11-6-8-16-9-7-11)14(20)13-12-5-3-4-10-19(12)15(17-13)23(2,21)22;/h3-5,10-11,16H,6-9H2,1-2H3;1H. The molecule has 0 unspecified atom stereocenters. The molecular formula is C15H21ClN4O3S. The average Bonchev–Trinajstić information content (AvgIpc) is 2.94. The maximum atomic E-state index is 12.8. The molecule has 0 bridgehead atoms. The van der Waals surface area contributed by atoms with E-state index in [-0.39, 0.29) is 35.2 Å². The topological polar surface area (TPSA) is 83.8 Å². The zero-order valence-corrected chi connectivity index (χ0v) is 15.2. The first-order valence-electron chi connectivity index (χ1n) is 7.54. The lowest BCUT2D eigenvalue weighted by molar-refractivity contribution is 0.0699. The van der Waals surface area contributed by atoms with Crippen molar-refractivity contribution in [3.63, 3.8) is 0 Å². The van der Waals surface area contributed by atoms with Crippen LogP contribution in [0.25, 0.3) is 5.52 Å². The number of piperidine rings is 1. The number of rotatable bonds is 3. The Labute approximate surface area is 147 Å². The lowest BCUT2D eigenvalue weighted by atomic mass is 10.1. The molecule has 2 aromatic rings. The number of nitrogens with zero attached hydrogens (tertiary/aromatic N) is 3. The molecule has 3 rings (SSSR count). The van der Waals surface area contributed by atoms with Crippen LogP contribution in [0.3, 0.4) is 0 Å². The lowest BCUT2D eigenvalue weighted by Crippen LogP contribution is -2.44. The van der Waals surface area contributed by atoms with E-state index in [9.17, 15) is 13.2 Å². The maximum Gasteiger partial charge on any atom is 0.274 e. The van der Waals surface area contributed by atoms with E-state index in [0.29, 0.717) is 5.52 Å². The maximum absolute atomic E-state index is 12.8. The summed E-state index contributed by atoms with van der Waals surface area (Å²) in [6.45, 7) is 1.75. The van der Waals surface area contributed by atoms with Crippen molar-refractivity contribution >= 4 is 33.7 Å². The van der Waals surface area contributed by atoms with Gasteiger partial charge in [0.25, 0.3) is 5.91 Å². The summed E-state index contributed by atoms with van der Waals surface area (Å²) in [5.41, 5.74) is 0.700. The molecule has 0 spiro atoms. The molecular weight excluding hydrogens is 352 g/mol. The smallest absolute Gasteiger partial charge is 0.274 e. The summed E-state index contributed by atoms with van der Waals surface area (Å²) >= 11 is 0. The number of sulfone groups is 1. The third-order valence-electron chi connectivity index (χ3n) is 4.23. The van der Waals surface area contributed by atoms with Gasteiger partial charge in [0.1, 0.15) is 0 Å². The molecule has 0 saturated carbocycles. The van der Waals surface area contributed by atoms with Crippen LogP contribution in [0, 0.1) is 0 Å². The summed E-state index contributed by atoms with van der Waals surface area (Å²) in [5, 5.41) is 3.16. The van der Waals surface area contributed by atoms with Crippen LogP contribution in [-0.2, 0) is 9.84 Å². The molecule has 2 aromatic heterocycles. The lowest BCUT2D eigenvalue weighted by Gasteiger charge is -2.31. The predicted molar refractivity (Wildman–Crippen MR) is 93.5 cm³/mol. The minimum absolute atomic E-state index is 0. The Morgan fingerprint density at radius 3 is 2.62 bits per heavy atom. The van der Waals surface area contributed by atoms with Gasteiger partial charge in [0, 0.05) is 25.5 Å². The Kier molecular flexibility index (Phi) is 5.52. The summed E-state index contributed by atoms with van der Waals surface area (Å²) in [7, 11) is -1.77. The Hall–Kier alpha value is -1.64. The fourth-order valence-corrected chi connectivity index (χ4v) is 3.73. The van der Waals surface area contributed by atoms with Gasteiger partial charge in [-0.3, -0.25) is 9.20 Å². The van der Waals surface area contributed by atoms with E-state index >= 15 is 0 Å². The van der Waals surface area contributed by atoms with Gasteiger partial charge in [-0.15, -0.1) is 12.4 Å². The number of aromatic nitrogens is 2. The quantitative estimate of drug-likeness (QED) is 0.868. The van der Waals surface area contributed by atoms with E-state index in [0.717, 1.165) is 32.2 Å². The van der Waals surface area contributed by atoms with Crippen molar-refractivity contribution in [3.05, 3.63) is 30.1 Å². The zero-order valence-electron chi connectivity index (χ0n) is 13.6. The largest absolute Gasteiger partial charge is 0.337 e. The number of nitrogens with one attached hydrogen (secondary N) is 1. The van der Waals surface area contributed by atoms with Crippen molar-refractivity contribution in [2.75, 3.05) is 26.4 Å². The second-order valence-corrected chi connectivity index (χ2v) is 7.78. The second kappa shape index (κ2) is 7.08. The van der Waals surface area contributed by atoms with Gasteiger partial charge in [-0.25, -0.2) is 13.4 Å². The first kappa shape index (κ1) is 18.7. The number of imidazole rings is 1. The Bertz CT molecular complexity index is 844. The van der Waals surface area contributed by atoms with Gasteiger partial charge in [0.15, 0.2) is 5.69 Å². The molecule has 9 heteroatoms. The van der Waals surface area contributed by atoms with Crippen molar-refractivity contribution in [2.24, 2.45) is 0 Å². The van der Waals surface area contributed by atoms with Gasteiger partial charge in [-0.05, 0) is 38.1 Å². The monoisotopic (exact) mass is 372 g/mol. The van der Waals surface area contributed by atoms with Crippen LogP contribution in [0.4, 0.5) is 0 Å². The van der Waals surface area contributed by atoms with Gasteiger partial charge in [-0.2, -0.15) is 0 Å². The first-order valence-corrected chi connectivity index (χ1v) is 9.44. The third kappa shape index (κ3) is 3.40. The van der Waals surface area contributed by atoms with Gasteiger partial charge in [-0.1, -0.05) is 6.07 Å². The molecule has 0 radical (unpaired) electrons. The molecule has 1 N–H and O–H groups in total. The van der Waals surface area contributed by atoms with Crippen LogP contribution < -0.4 is 5.32 Å². The summed E-state index contributed by atoms with van der Waals surface area (Å²) in [6.07, 6.45) is 4.47. The Morgan fingerprint density at radius 1 is 1.33 bits per heavy atom. The molecule has 3 heterocycles. The fraction of sp³-hybridized carbons (Fsp3) is 0.467. The van der Waals surface area contributed by atoms with Crippen LogP contribution >= 0.6 is 12.4 Å². The van der Waals surface area contributed by atoms with E-state index in [1.807, 2.05) is 0 Å². The summed E-state index contributed by atoms with van der Waals surface area (Å²) < 4.78 is 25.3. The van der Waals surface area contributed by atoms with Crippen molar-refractivity contribution < 1.29 is 13.2 Å². The van der Waals surface area contributed by atoms with Crippen LogP contribution in [0.5, 0.6) is 0 Å². The number of fused-ring (bicyclic) bond motifs is 1. The highest BCUT2D eigenvalue weighted by Gasteiger charge is 2.28. The fourth-order valence-electron chi connectivity index (χ4n) is 2.96. The van der Waals surface area contributed by atoms with Gasteiger partial charge in [0.05, 0.1) is 5.52 Å². The number of halogens is 1. The van der Waals surface area contributed by atoms with E-state index in [2.05, 4.69) is 10.3 Å². The minimum Gasteiger partial charge on any atom is -0.337 e. The highest BCUT2D eigenvalue weighted by Crippen LogP contribution is 2.20. The molecule has 1 amide bonds. The minimum atomic E-state index is -3.52. The molecule has 132 valence electrons. The zero-order chi connectivity index (χ0) is 16.6. The highest BCUT2D eigenvalue weighted by atomic mass is 35.5. The highest BCUT2D eigenvalue weighted by molar-refractivity contribution is 7.90. The number of hydrogen-bond acceptors (Lipinski definition) is 5. The van der Waals surface area contributed by atoms with Crippen LogP contribution in [0.2, 0.25) is 0 Å². The molecule has 1 saturated heterocycles. The van der Waals surface area contributed by atoms with Crippen molar-refractivity contribution in [1.82, 2.24) is 19.6 Å². The van der Waals surface area contributed by atoms with Crippen molar-refractivity contribution in [3.8, 4) is 0 Å². The summed E-state index contributed by atoms with van der Waals surface area (Å²) in [6, 6.07) is 5.34. The summed E-state index contributed by atoms with van der Waals surface area (Å²) in [4.78, 5) is 18.7. The van der Waals surface area contributed by atoms with Crippen LogP contribution in [0.1, 0.15) is 23.3 Å². The van der Waals surface area contributed by atoms with Crippen molar-refractivity contribution in [2.45, 2.75) is 24.0 Å². The molecule has 7 nitrogen and oxygen atoms in total. The number of pyridine rings is 1. The molecule has 24 heavy (non-hydrogen) atoms. The van der Waals surface area contributed by atoms with E-state index in [1.165, 1.54) is 4.40 Å². The predicted octanol–water partition coefficient (Wildman–Crippen LogP) is 0.984. The molecule has 0 aromatic carbocycles. The normalized spacial score (nSPS) is 15.9. The van der Waals surface area contributed by atoms with Crippen LogP contribution in [-0.4, -0.2) is 61.0 Å². The average molecular weight is 373 g/mol. The number of hydrogen-bond donors (Lipinski definition) is 1. The van der Waals surface area contributed by atoms with E-state index < -0.39 is 9.84 Å². The Morgan fingerprint density at radius 2 is 2.00 bits per heavy atom. The van der Waals surface area contributed by atoms with Crippen LogP contribution in [0.15, 0.2) is 29.6 Å². The number of carbonyl (C=O) groups is 1. The third-order valence-corrected chi connectivity index (χ3v) is 5.18. The Balaban J connectivity index is 0.00000208. The van der Waals surface area contributed by atoms with Crippen molar-refractivity contribution in [1.29, 1.82) is 0 Å². The van der Waals surface area contributed by atoms with E-state index in [4.69, 9.17) is 0 Å². The second-order valence-electron chi connectivity index (χ2n) is 5.87. The molecule has 0 aliphatic carbocycles. The van der Waals surface area contributed by atoms with Gasteiger partial charge >= 0.3 is 0 Å². The first-order chi connectivity index (χ1) is 10.9. The number of amides is 1. The molecule has 1 fully saturated rings. The van der Waals surface area contributed by atoms with Gasteiger partial charge in [0.2, 0.25) is 15.0 Å². The molecule has 0 atom stereocenters. The van der Waals surface area contributed by atoms with E-state index in [1.54, 1.807) is 36.3 Å². The molecule has 1 aliphatic heterocycles. The SMILES string of the molecule is CN(C(=O)c1nc(S(C)(=O)=O)n2ccccc12)C1CCNCC1.Cl.